The fourth-order valence-electron chi connectivity index (χ4n) is 3.61. The molecule has 0 radical (unpaired) electrons. The van der Waals surface area contributed by atoms with E-state index in [-0.39, 0.29) is 5.91 Å². The third kappa shape index (κ3) is 4.80. The van der Waals surface area contributed by atoms with Crippen molar-refractivity contribution in [2.24, 2.45) is 0 Å². The van der Waals surface area contributed by atoms with Gasteiger partial charge in [-0.2, -0.15) is 0 Å². The summed E-state index contributed by atoms with van der Waals surface area (Å²) in [7, 11) is 0. The number of piperidine rings is 1. The highest BCUT2D eigenvalue weighted by Gasteiger charge is 2.25. The monoisotopic (exact) mass is 346 g/mol. The molecule has 1 atom stereocenters. The van der Waals surface area contributed by atoms with Crippen LogP contribution in [0.1, 0.15) is 41.1 Å². The Morgan fingerprint density at radius 2 is 1.84 bits per heavy atom. The van der Waals surface area contributed by atoms with E-state index in [9.17, 15) is 9.59 Å². The van der Waals surface area contributed by atoms with Gasteiger partial charge in [0.2, 0.25) is 5.91 Å². The van der Waals surface area contributed by atoms with Crippen molar-refractivity contribution in [1.82, 2.24) is 9.80 Å². The van der Waals surface area contributed by atoms with Gasteiger partial charge in [0.05, 0.1) is 18.8 Å². The summed E-state index contributed by atoms with van der Waals surface area (Å²) in [5.74, 6) is -0.391. The summed E-state index contributed by atoms with van der Waals surface area (Å²) in [6, 6.07) is 7.07. The van der Waals surface area contributed by atoms with Crippen LogP contribution in [0.4, 0.5) is 0 Å². The fourth-order valence-corrected chi connectivity index (χ4v) is 3.61. The first-order valence-electron chi connectivity index (χ1n) is 9.04. The molecule has 0 bridgehead atoms. The van der Waals surface area contributed by atoms with E-state index < -0.39 is 5.97 Å². The number of likely N-dealkylation sites (tertiary alicyclic amines) is 1. The minimum Gasteiger partial charge on any atom is -0.478 e. The van der Waals surface area contributed by atoms with Crippen LogP contribution in [-0.4, -0.2) is 72.7 Å². The number of benzene rings is 1. The van der Waals surface area contributed by atoms with Crippen LogP contribution in [0.5, 0.6) is 0 Å². The zero-order valence-corrected chi connectivity index (χ0v) is 14.5. The van der Waals surface area contributed by atoms with Crippen LogP contribution >= 0.6 is 0 Å². The summed E-state index contributed by atoms with van der Waals surface area (Å²) in [5, 5.41) is 9.00. The molecule has 6 heteroatoms. The number of nitrogens with zero attached hydrogens (tertiary/aromatic N) is 2. The Morgan fingerprint density at radius 3 is 2.52 bits per heavy atom. The molecule has 2 heterocycles. The third-order valence-electron chi connectivity index (χ3n) is 5.15. The number of hydrogen-bond donors (Lipinski definition) is 1. The number of ether oxygens (including phenoxy) is 1. The molecule has 2 aliphatic rings. The quantitative estimate of drug-likeness (QED) is 0.881. The summed E-state index contributed by atoms with van der Waals surface area (Å²) < 4.78 is 5.34. The zero-order chi connectivity index (χ0) is 17.6. The van der Waals surface area contributed by atoms with Crippen molar-refractivity contribution in [2.75, 3.05) is 45.9 Å². The number of rotatable bonds is 5. The molecular weight excluding hydrogens is 320 g/mol. The predicted octanol–water partition coefficient (Wildman–Crippen LogP) is 1.81. The van der Waals surface area contributed by atoms with Gasteiger partial charge in [0.15, 0.2) is 0 Å². The third-order valence-corrected chi connectivity index (χ3v) is 5.15. The van der Waals surface area contributed by atoms with Crippen molar-refractivity contribution in [3.05, 3.63) is 35.4 Å². The van der Waals surface area contributed by atoms with Crippen molar-refractivity contribution in [3.8, 4) is 0 Å². The number of amides is 1. The van der Waals surface area contributed by atoms with Crippen molar-refractivity contribution in [1.29, 1.82) is 0 Å². The highest BCUT2D eigenvalue weighted by molar-refractivity contribution is 5.87. The Morgan fingerprint density at radius 1 is 1.12 bits per heavy atom. The zero-order valence-electron chi connectivity index (χ0n) is 14.5. The second-order valence-corrected chi connectivity index (χ2v) is 6.81. The van der Waals surface area contributed by atoms with Gasteiger partial charge >= 0.3 is 5.97 Å². The lowest BCUT2D eigenvalue weighted by atomic mass is 9.90. The Bertz CT molecular complexity index is 596. The molecule has 1 N–H and O–H groups in total. The molecule has 3 rings (SSSR count). The van der Waals surface area contributed by atoms with E-state index in [0.717, 1.165) is 64.3 Å². The van der Waals surface area contributed by atoms with Crippen LogP contribution in [0.3, 0.4) is 0 Å². The standard InChI is InChI=1S/C19H26N2O4/c22-18(7-9-20-10-12-25-13-11-20)21-8-1-2-17(14-21)15-3-5-16(6-4-15)19(23)24/h3-6,17H,1-2,7-14H2,(H,23,24)/t17-/m1/s1. The van der Waals surface area contributed by atoms with Gasteiger partial charge in [0.1, 0.15) is 0 Å². The SMILES string of the molecule is O=C(O)c1ccc([C@@H]2CCCN(C(=O)CCN3CCOCC3)C2)cc1. The molecule has 0 spiro atoms. The molecule has 2 aliphatic heterocycles. The average molecular weight is 346 g/mol. The molecule has 1 aromatic rings. The number of carbonyl (C=O) groups excluding carboxylic acids is 1. The first-order valence-corrected chi connectivity index (χ1v) is 9.04. The molecule has 0 unspecified atom stereocenters. The number of morpholine rings is 1. The molecule has 6 nitrogen and oxygen atoms in total. The smallest absolute Gasteiger partial charge is 0.335 e. The highest BCUT2D eigenvalue weighted by atomic mass is 16.5. The Labute approximate surface area is 148 Å². The molecule has 25 heavy (non-hydrogen) atoms. The van der Waals surface area contributed by atoms with Gasteiger partial charge in [-0.25, -0.2) is 4.79 Å². The van der Waals surface area contributed by atoms with Crippen LogP contribution < -0.4 is 0 Å². The van der Waals surface area contributed by atoms with Gasteiger partial charge in [0, 0.05) is 45.1 Å². The van der Waals surface area contributed by atoms with Gasteiger partial charge in [-0.1, -0.05) is 12.1 Å². The molecule has 0 saturated carbocycles. The number of carboxylic acid groups (broad SMARTS) is 1. The average Bonchev–Trinajstić information content (AvgIpc) is 2.67. The molecule has 1 aromatic carbocycles. The van der Waals surface area contributed by atoms with Crippen LogP contribution in [-0.2, 0) is 9.53 Å². The van der Waals surface area contributed by atoms with Gasteiger partial charge < -0.3 is 14.7 Å². The second-order valence-electron chi connectivity index (χ2n) is 6.81. The number of carboxylic acids is 1. The molecule has 2 saturated heterocycles. The van der Waals surface area contributed by atoms with E-state index in [4.69, 9.17) is 9.84 Å². The number of aromatic carboxylic acids is 1. The number of hydrogen-bond acceptors (Lipinski definition) is 4. The molecule has 136 valence electrons. The molecule has 0 aliphatic carbocycles. The van der Waals surface area contributed by atoms with Gasteiger partial charge in [-0.3, -0.25) is 9.69 Å². The van der Waals surface area contributed by atoms with Crippen LogP contribution in [0.15, 0.2) is 24.3 Å². The Hall–Kier alpha value is -1.92. The summed E-state index contributed by atoms with van der Waals surface area (Å²) in [6.45, 7) is 5.69. The van der Waals surface area contributed by atoms with Gasteiger partial charge in [-0.05, 0) is 30.5 Å². The van der Waals surface area contributed by atoms with Crippen molar-refractivity contribution in [2.45, 2.75) is 25.2 Å². The lowest BCUT2D eigenvalue weighted by Gasteiger charge is -2.34. The van der Waals surface area contributed by atoms with Crippen molar-refractivity contribution < 1.29 is 19.4 Å². The predicted molar refractivity (Wildman–Crippen MR) is 93.8 cm³/mol. The summed E-state index contributed by atoms with van der Waals surface area (Å²) in [6.07, 6.45) is 2.60. The van der Waals surface area contributed by atoms with E-state index in [1.54, 1.807) is 12.1 Å². The minimum absolute atomic E-state index is 0.221. The Kier molecular flexibility index (Phi) is 6.04. The largest absolute Gasteiger partial charge is 0.478 e. The molecule has 2 fully saturated rings. The van der Waals surface area contributed by atoms with Crippen molar-refractivity contribution >= 4 is 11.9 Å². The summed E-state index contributed by atoms with van der Waals surface area (Å²) in [4.78, 5) is 27.8. The molecule has 0 aromatic heterocycles. The normalized spacial score (nSPS) is 21.9. The highest BCUT2D eigenvalue weighted by Crippen LogP contribution is 2.27. The Balaban J connectivity index is 1.53. The maximum Gasteiger partial charge on any atom is 0.335 e. The van der Waals surface area contributed by atoms with E-state index in [2.05, 4.69) is 4.90 Å². The maximum absolute atomic E-state index is 12.6. The minimum atomic E-state index is -0.907. The van der Waals surface area contributed by atoms with E-state index in [0.29, 0.717) is 17.9 Å². The summed E-state index contributed by atoms with van der Waals surface area (Å²) >= 11 is 0. The van der Waals surface area contributed by atoms with Crippen LogP contribution in [0, 0.1) is 0 Å². The maximum atomic E-state index is 12.6. The van der Waals surface area contributed by atoms with Crippen LogP contribution in [0.2, 0.25) is 0 Å². The van der Waals surface area contributed by atoms with E-state index in [1.807, 2.05) is 17.0 Å². The van der Waals surface area contributed by atoms with Gasteiger partial charge in [-0.15, -0.1) is 0 Å². The molecule has 1 amide bonds. The molecular formula is C19H26N2O4. The fraction of sp³-hybridized carbons (Fsp3) is 0.579. The van der Waals surface area contributed by atoms with Crippen LogP contribution in [0.25, 0.3) is 0 Å². The van der Waals surface area contributed by atoms with E-state index >= 15 is 0 Å². The van der Waals surface area contributed by atoms with E-state index in [1.165, 1.54) is 0 Å². The second kappa shape index (κ2) is 8.45. The number of carbonyl (C=O) groups is 2. The van der Waals surface area contributed by atoms with Crippen molar-refractivity contribution in [3.63, 3.8) is 0 Å². The summed E-state index contributed by atoms with van der Waals surface area (Å²) in [5.41, 5.74) is 1.42. The topological polar surface area (TPSA) is 70.1 Å². The first-order chi connectivity index (χ1) is 12.1. The lowest BCUT2D eigenvalue weighted by molar-refractivity contribution is -0.133. The first kappa shape index (κ1) is 17.9. The van der Waals surface area contributed by atoms with Gasteiger partial charge in [0.25, 0.3) is 0 Å². The lowest BCUT2D eigenvalue weighted by Crippen LogP contribution is -2.42.